The van der Waals surface area contributed by atoms with Crippen LogP contribution in [0.2, 0.25) is 0 Å². The molecule has 1 heterocycles. The molecule has 0 aromatic carbocycles. The van der Waals surface area contributed by atoms with E-state index in [-0.39, 0.29) is 11.0 Å². The summed E-state index contributed by atoms with van der Waals surface area (Å²) in [6, 6.07) is 0. The summed E-state index contributed by atoms with van der Waals surface area (Å²) in [6.07, 6.45) is 33.1. The van der Waals surface area contributed by atoms with Crippen molar-refractivity contribution in [2.75, 3.05) is 19.6 Å². The van der Waals surface area contributed by atoms with Crippen molar-refractivity contribution in [2.45, 2.75) is 129 Å². The fourth-order valence-electron chi connectivity index (χ4n) is 4.99. The predicted octanol–water partition coefficient (Wildman–Crippen LogP) is 6.38. The van der Waals surface area contributed by atoms with E-state index in [9.17, 15) is 9.90 Å². The maximum absolute atomic E-state index is 11.2. The predicted molar refractivity (Wildman–Crippen MR) is 143 cm³/mol. The van der Waals surface area contributed by atoms with Crippen molar-refractivity contribution in [3.05, 3.63) is 24.6 Å². The van der Waals surface area contributed by atoms with Crippen LogP contribution in [0.3, 0.4) is 0 Å². The number of hydrogen-bond donors (Lipinski definition) is 1. The van der Waals surface area contributed by atoms with E-state index in [1.807, 2.05) is 6.20 Å². The third-order valence-electron chi connectivity index (χ3n) is 7.04. The van der Waals surface area contributed by atoms with E-state index >= 15 is 0 Å². The van der Waals surface area contributed by atoms with Gasteiger partial charge < -0.3 is 15.6 Å². The van der Waals surface area contributed by atoms with Gasteiger partial charge in [0.2, 0.25) is 5.84 Å². The number of nitrogens with two attached hydrogens (primary N) is 1. The number of unbranched alkanes of at least 4 members (excludes halogenated alkanes) is 17. The van der Waals surface area contributed by atoms with E-state index in [2.05, 4.69) is 24.1 Å². The van der Waals surface area contributed by atoms with E-state index in [0.29, 0.717) is 13.1 Å². The maximum atomic E-state index is 11.2. The summed E-state index contributed by atoms with van der Waals surface area (Å²) in [7, 11) is 0. The molecule has 0 fully saturated rings. The van der Waals surface area contributed by atoms with Crippen LogP contribution in [0, 0.1) is 0 Å². The van der Waals surface area contributed by atoms with E-state index in [1.165, 1.54) is 109 Å². The van der Waals surface area contributed by atoms with Crippen LogP contribution >= 0.6 is 0 Å². The molecule has 1 aliphatic heterocycles. The second-order valence-electron chi connectivity index (χ2n) is 10.0. The molecule has 196 valence electrons. The molecule has 2 N–H and O–H groups in total. The Labute approximate surface area is 210 Å². The molecule has 5 nitrogen and oxygen atoms in total. The Hall–Kier alpha value is -1.46. The average molecular weight is 476 g/mol. The first kappa shape index (κ1) is 30.6. The first-order valence-electron chi connectivity index (χ1n) is 14.3. The van der Waals surface area contributed by atoms with Crippen LogP contribution in [0.1, 0.15) is 129 Å². The average Bonchev–Trinajstić information content (AvgIpc) is 3.19. The van der Waals surface area contributed by atoms with Gasteiger partial charge in [0.15, 0.2) is 0 Å². The number of aliphatic carboxylic acids is 1. The summed E-state index contributed by atoms with van der Waals surface area (Å²) < 4.78 is 0.246. The van der Waals surface area contributed by atoms with Crippen molar-refractivity contribution in [1.29, 1.82) is 0 Å². The Morgan fingerprint density at radius 1 is 0.853 bits per heavy atom. The molecular formula is C29H53N3O2. The number of carboxylic acids is 1. The number of quaternary nitrogens is 1. The van der Waals surface area contributed by atoms with Gasteiger partial charge in [-0.1, -0.05) is 108 Å². The number of carbonyl (C=O) groups excluding carboxylic acids is 1. The van der Waals surface area contributed by atoms with Crippen molar-refractivity contribution >= 4 is 11.8 Å². The maximum Gasteiger partial charge on any atom is 0.207 e. The highest BCUT2D eigenvalue weighted by atomic mass is 16.4. The van der Waals surface area contributed by atoms with Crippen LogP contribution in [0.15, 0.2) is 29.5 Å². The molecule has 0 saturated carbocycles. The number of allylic oxidation sites excluding steroid dienone is 2. The lowest BCUT2D eigenvalue weighted by molar-refractivity contribution is -0.780. The third kappa shape index (κ3) is 14.7. The minimum Gasteiger partial charge on any atom is -0.544 e. The molecule has 1 rings (SSSR count). The van der Waals surface area contributed by atoms with Crippen LogP contribution in [0.4, 0.5) is 0 Å². The highest BCUT2D eigenvalue weighted by Crippen LogP contribution is 2.21. The molecule has 1 atom stereocenters. The van der Waals surface area contributed by atoms with Crippen molar-refractivity contribution in [3.8, 4) is 0 Å². The Balaban J connectivity index is 1.87. The molecule has 0 saturated heterocycles. The van der Waals surface area contributed by atoms with Gasteiger partial charge in [-0.3, -0.25) is 0 Å². The second kappa shape index (κ2) is 20.9. The van der Waals surface area contributed by atoms with Gasteiger partial charge in [0, 0.05) is 13.0 Å². The number of aliphatic imine (C=N–C) groups is 1. The van der Waals surface area contributed by atoms with Gasteiger partial charge in [-0.15, -0.1) is 0 Å². The van der Waals surface area contributed by atoms with Crippen LogP contribution < -0.4 is 10.8 Å². The summed E-state index contributed by atoms with van der Waals surface area (Å²) in [5.74, 6) is -0.121. The first-order chi connectivity index (χ1) is 16.6. The van der Waals surface area contributed by atoms with Gasteiger partial charge >= 0.3 is 0 Å². The lowest BCUT2D eigenvalue weighted by Crippen LogP contribution is -2.55. The fourth-order valence-corrected chi connectivity index (χ4v) is 4.99. The molecule has 0 bridgehead atoms. The summed E-state index contributed by atoms with van der Waals surface area (Å²) in [5.41, 5.74) is 5.72. The van der Waals surface area contributed by atoms with Crippen molar-refractivity contribution in [2.24, 2.45) is 10.7 Å². The smallest absolute Gasteiger partial charge is 0.207 e. The summed E-state index contributed by atoms with van der Waals surface area (Å²) >= 11 is 0. The monoisotopic (exact) mass is 475 g/mol. The van der Waals surface area contributed by atoms with Crippen molar-refractivity contribution in [3.63, 3.8) is 0 Å². The molecule has 1 unspecified atom stereocenters. The molecule has 0 aromatic rings. The zero-order valence-corrected chi connectivity index (χ0v) is 22.2. The quantitative estimate of drug-likeness (QED) is 0.0999. The molecule has 0 spiro atoms. The Kier molecular flexibility index (Phi) is 18.8. The summed E-state index contributed by atoms with van der Waals surface area (Å²) in [5, 5.41) is 11.2. The van der Waals surface area contributed by atoms with Gasteiger partial charge in [-0.25, -0.2) is 9.48 Å². The van der Waals surface area contributed by atoms with Crippen LogP contribution in [-0.4, -0.2) is 35.9 Å². The SMILES string of the molecule is C/C=C/CCCCCCCCCCCCCCCCCCCC1=NC=C[N+]1(CCN)CC(=O)[O-]. The zero-order valence-electron chi connectivity index (χ0n) is 22.2. The molecule has 1 aliphatic rings. The fraction of sp³-hybridized carbons (Fsp3) is 0.793. The van der Waals surface area contributed by atoms with Crippen molar-refractivity contribution < 1.29 is 14.4 Å². The summed E-state index contributed by atoms with van der Waals surface area (Å²) in [4.78, 5) is 15.6. The van der Waals surface area contributed by atoms with Crippen molar-refractivity contribution in [1.82, 2.24) is 0 Å². The molecule has 34 heavy (non-hydrogen) atoms. The number of carbonyl (C=O) groups is 1. The molecule has 0 aliphatic carbocycles. The van der Waals surface area contributed by atoms with E-state index < -0.39 is 5.97 Å². The number of rotatable bonds is 24. The topological polar surface area (TPSA) is 78.5 Å². The molecule has 5 heteroatoms. The molecular weight excluding hydrogens is 422 g/mol. The second-order valence-corrected chi connectivity index (χ2v) is 10.0. The van der Waals surface area contributed by atoms with E-state index in [4.69, 9.17) is 5.73 Å². The van der Waals surface area contributed by atoms with Gasteiger partial charge in [0.25, 0.3) is 0 Å². The minimum absolute atomic E-state index is 0.0656. The lowest BCUT2D eigenvalue weighted by Gasteiger charge is -2.32. The van der Waals surface area contributed by atoms with Gasteiger partial charge in [0.1, 0.15) is 19.3 Å². The van der Waals surface area contributed by atoms with Gasteiger partial charge in [-0.05, 0) is 26.2 Å². The first-order valence-corrected chi connectivity index (χ1v) is 14.3. The highest BCUT2D eigenvalue weighted by molar-refractivity contribution is 5.80. The van der Waals surface area contributed by atoms with Crippen LogP contribution in [-0.2, 0) is 4.79 Å². The van der Waals surface area contributed by atoms with Crippen LogP contribution in [0.25, 0.3) is 0 Å². The Bertz CT molecular complexity index is 600. The number of amidine groups is 1. The molecule has 0 aromatic heterocycles. The number of carboxylic acid groups (broad SMARTS) is 1. The van der Waals surface area contributed by atoms with Gasteiger partial charge in [-0.2, -0.15) is 0 Å². The third-order valence-corrected chi connectivity index (χ3v) is 7.04. The van der Waals surface area contributed by atoms with E-state index in [0.717, 1.165) is 18.7 Å². The summed E-state index contributed by atoms with van der Waals surface area (Å²) in [6.45, 7) is 3.05. The Morgan fingerprint density at radius 3 is 1.76 bits per heavy atom. The largest absolute Gasteiger partial charge is 0.544 e. The molecule has 0 radical (unpaired) electrons. The van der Waals surface area contributed by atoms with E-state index in [1.54, 1.807) is 6.20 Å². The normalized spacial score (nSPS) is 17.6. The highest BCUT2D eigenvalue weighted by Gasteiger charge is 2.34. The standard InChI is InChI=1S/C29H53N3O2/c1-2-3-4-5-6-7-8-9-10-11-12-13-14-15-16-17-18-19-20-21-22-28-31-24-26-32(28,25-23-30)27-29(33)34/h2-3,24,26H,4-23,25,27,30H2,1H3/b3-2+. The number of hydrogen-bond acceptors (Lipinski definition) is 4. The number of nitrogens with zero attached hydrogens (tertiary/aromatic N) is 2. The van der Waals surface area contributed by atoms with Gasteiger partial charge in [0.05, 0.1) is 12.2 Å². The lowest BCUT2D eigenvalue weighted by atomic mass is 10.0. The minimum atomic E-state index is -1.05. The van der Waals surface area contributed by atoms with Crippen LogP contribution in [0.5, 0.6) is 0 Å². The Morgan fingerprint density at radius 2 is 1.32 bits per heavy atom. The molecule has 0 amide bonds. The zero-order chi connectivity index (χ0) is 24.7.